The molecule has 2 aliphatic heterocycles. The highest BCUT2D eigenvalue weighted by molar-refractivity contribution is 6.36. The summed E-state index contributed by atoms with van der Waals surface area (Å²) in [7, 11) is 1.53. The molecule has 4 aromatic rings. The third-order valence-corrected chi connectivity index (χ3v) is 11.4. The van der Waals surface area contributed by atoms with E-state index in [9.17, 15) is 24.7 Å². The Morgan fingerprint density at radius 1 is 0.878 bits per heavy atom. The van der Waals surface area contributed by atoms with Gasteiger partial charge in [-0.3, -0.25) is 29.8 Å². The summed E-state index contributed by atoms with van der Waals surface area (Å²) in [4.78, 5) is 56.7. The number of ether oxygens (including phenoxy) is 1. The van der Waals surface area contributed by atoms with Crippen LogP contribution in [0.25, 0.3) is 10.8 Å². The number of hydrazine groups is 1. The van der Waals surface area contributed by atoms with E-state index in [-0.39, 0.29) is 34.4 Å². The molecule has 248 valence electrons. The Balaban J connectivity index is 1.41. The van der Waals surface area contributed by atoms with Crippen molar-refractivity contribution in [1.29, 1.82) is 0 Å². The Labute approximate surface area is 290 Å². The Kier molecular flexibility index (Phi) is 7.26. The number of halogens is 2. The molecule has 12 heteroatoms. The van der Waals surface area contributed by atoms with Gasteiger partial charge in [0.2, 0.25) is 0 Å². The Bertz CT molecular complexity index is 2140. The van der Waals surface area contributed by atoms with Crippen molar-refractivity contribution in [2.24, 2.45) is 23.7 Å². The molecule has 2 aliphatic carbocycles. The second-order valence-corrected chi connectivity index (χ2v) is 13.8. The lowest BCUT2D eigenvalue weighted by molar-refractivity contribution is -0.173. The zero-order chi connectivity index (χ0) is 34.4. The summed E-state index contributed by atoms with van der Waals surface area (Å²) in [6.45, 7) is 0. The second kappa shape index (κ2) is 11.3. The van der Waals surface area contributed by atoms with E-state index in [0.29, 0.717) is 38.2 Å². The summed E-state index contributed by atoms with van der Waals surface area (Å²) < 4.78 is 5.45. The summed E-state index contributed by atoms with van der Waals surface area (Å²) in [5.74, 6) is -6.14. The second-order valence-electron chi connectivity index (χ2n) is 12.9. The van der Waals surface area contributed by atoms with Crippen LogP contribution < -0.4 is 10.2 Å². The van der Waals surface area contributed by atoms with Gasteiger partial charge in [-0.05, 0) is 71.7 Å². The fourth-order valence-electron chi connectivity index (χ4n) is 8.73. The number of carbonyl (C=O) groups is 4. The number of nitrogens with one attached hydrogen (secondary N) is 1. The number of aromatic hydroxyl groups is 1. The average molecular weight is 699 g/mol. The molecule has 0 bridgehead atoms. The average Bonchev–Trinajstić information content (AvgIpc) is 3.46. The van der Waals surface area contributed by atoms with E-state index in [1.165, 1.54) is 13.2 Å². The number of phenols is 1. The van der Waals surface area contributed by atoms with Crippen molar-refractivity contribution in [3.63, 3.8) is 0 Å². The number of carbonyl (C=O) groups excluding carboxylic acids is 4. The van der Waals surface area contributed by atoms with Crippen LogP contribution in [-0.4, -0.2) is 51.1 Å². The summed E-state index contributed by atoms with van der Waals surface area (Å²) in [6, 6.07) is 22.2. The number of phenolic OH excluding ortho intramolecular Hbond substituents is 1. The van der Waals surface area contributed by atoms with Crippen LogP contribution in [0.4, 0.5) is 5.69 Å². The van der Waals surface area contributed by atoms with Gasteiger partial charge in [-0.2, -0.15) is 10.1 Å². The van der Waals surface area contributed by atoms with Gasteiger partial charge in [0, 0.05) is 16.3 Å². The molecule has 2 saturated heterocycles. The number of hydrogen-bond acceptors (Lipinski definition) is 8. The molecule has 3 fully saturated rings. The monoisotopic (exact) mass is 697 g/mol. The highest BCUT2D eigenvalue weighted by Crippen LogP contribution is 2.64. The lowest BCUT2D eigenvalue weighted by atomic mass is 9.49. The minimum Gasteiger partial charge on any atom is -0.507 e. The molecule has 6 atom stereocenters. The van der Waals surface area contributed by atoms with Crippen LogP contribution in [0, 0.1) is 23.7 Å². The number of hydrogen-bond donors (Lipinski definition) is 3. The first-order valence-corrected chi connectivity index (χ1v) is 16.5. The molecule has 0 radical (unpaired) electrons. The molecule has 4 aliphatic rings. The number of rotatable bonds is 5. The summed E-state index contributed by atoms with van der Waals surface area (Å²) >= 11 is 12.7. The van der Waals surface area contributed by atoms with Gasteiger partial charge in [-0.1, -0.05) is 77.3 Å². The van der Waals surface area contributed by atoms with E-state index in [4.69, 9.17) is 27.9 Å². The molecule has 10 nitrogen and oxygen atoms in total. The van der Waals surface area contributed by atoms with Gasteiger partial charge < -0.3 is 9.84 Å². The number of imide groups is 2. The number of benzene rings is 4. The van der Waals surface area contributed by atoms with Crippen molar-refractivity contribution in [1.82, 2.24) is 10.1 Å². The van der Waals surface area contributed by atoms with Crippen LogP contribution in [0.2, 0.25) is 10.0 Å². The largest absolute Gasteiger partial charge is 0.507 e. The van der Waals surface area contributed by atoms with Crippen LogP contribution in [0.5, 0.6) is 11.5 Å². The van der Waals surface area contributed by atoms with Crippen LogP contribution in [0.15, 0.2) is 90.5 Å². The van der Waals surface area contributed by atoms with Crippen molar-refractivity contribution in [3.8, 4) is 11.5 Å². The van der Waals surface area contributed by atoms with Crippen molar-refractivity contribution in [2.75, 3.05) is 12.5 Å². The number of methoxy groups -OCH3 is 1. The normalized spacial score (nSPS) is 27.6. The predicted molar refractivity (Wildman–Crippen MR) is 180 cm³/mol. The van der Waals surface area contributed by atoms with Crippen molar-refractivity contribution < 1.29 is 34.2 Å². The van der Waals surface area contributed by atoms with E-state index >= 15 is 4.79 Å². The Morgan fingerprint density at radius 2 is 1.61 bits per heavy atom. The number of allylic oxidation sites excluding steroid dienone is 2. The fraction of sp³-hybridized carbons (Fsp3) is 0.243. The first kappa shape index (κ1) is 31.4. The maximum Gasteiger partial charge on any atom is 0.260 e. The minimum atomic E-state index is -1.56. The topological polar surface area (TPSA) is 136 Å². The molecule has 1 saturated carbocycles. The maximum absolute atomic E-state index is 15.4. The molecule has 49 heavy (non-hydrogen) atoms. The summed E-state index contributed by atoms with van der Waals surface area (Å²) in [5.41, 5.74) is 3.61. The van der Waals surface area contributed by atoms with Gasteiger partial charge in [0.05, 0.1) is 41.0 Å². The Morgan fingerprint density at radius 3 is 2.33 bits per heavy atom. The van der Waals surface area contributed by atoms with Gasteiger partial charge in [-0.15, -0.1) is 0 Å². The molecule has 4 aromatic carbocycles. The minimum absolute atomic E-state index is 0.0430. The van der Waals surface area contributed by atoms with E-state index in [2.05, 4.69) is 5.43 Å². The summed E-state index contributed by atoms with van der Waals surface area (Å²) in [6.07, 6.45) is 2.11. The first-order valence-electron chi connectivity index (χ1n) is 15.8. The highest BCUT2D eigenvalue weighted by atomic mass is 35.5. The van der Waals surface area contributed by atoms with Gasteiger partial charge in [0.25, 0.3) is 23.6 Å². The standard InChI is InChI=1S/C37H29Cl2N3O7/c1-49-20-9-6-18(7-10-20)37-27(34(45)41(36(37)47)40-29-14-8-19(38)16-28(29)39)17-26-24(11-12-25-31(26)35(46)42(48)33(25)44)32(37)23-13-15-30(43)22-5-3-2-4-21(22)23/h2-11,13-16,25-27,31-32,40,43,48H,12,17H2,1H3. The highest BCUT2D eigenvalue weighted by Gasteiger charge is 2.70. The van der Waals surface area contributed by atoms with E-state index in [1.807, 2.05) is 18.2 Å². The van der Waals surface area contributed by atoms with Crippen LogP contribution in [0.1, 0.15) is 29.9 Å². The quantitative estimate of drug-likeness (QED) is 0.127. The smallest absolute Gasteiger partial charge is 0.260 e. The van der Waals surface area contributed by atoms with Crippen molar-refractivity contribution in [3.05, 3.63) is 112 Å². The number of hydroxylamine groups is 2. The Hall–Kier alpha value is -4.90. The van der Waals surface area contributed by atoms with E-state index in [0.717, 1.165) is 5.01 Å². The molecular weight excluding hydrogens is 669 g/mol. The zero-order valence-electron chi connectivity index (χ0n) is 26.0. The third-order valence-electron chi connectivity index (χ3n) is 10.8. The molecule has 0 aromatic heterocycles. The zero-order valence-corrected chi connectivity index (χ0v) is 27.5. The number of amides is 4. The lowest BCUT2D eigenvalue weighted by Gasteiger charge is -2.50. The van der Waals surface area contributed by atoms with E-state index in [1.54, 1.807) is 60.7 Å². The third kappa shape index (κ3) is 4.37. The van der Waals surface area contributed by atoms with Crippen LogP contribution >= 0.6 is 23.2 Å². The molecule has 0 spiro atoms. The lowest BCUT2D eigenvalue weighted by Crippen LogP contribution is -2.53. The number of anilines is 1. The van der Waals surface area contributed by atoms with Gasteiger partial charge in [0.15, 0.2) is 0 Å². The molecule has 3 N–H and O–H groups in total. The predicted octanol–water partition coefficient (Wildman–Crippen LogP) is 6.23. The van der Waals surface area contributed by atoms with Crippen LogP contribution in [-0.2, 0) is 24.6 Å². The van der Waals surface area contributed by atoms with Crippen molar-refractivity contribution in [2.45, 2.75) is 24.2 Å². The molecule has 4 amide bonds. The SMILES string of the molecule is COc1ccc(C23C(=O)N(Nc4ccc(Cl)cc4Cl)C(=O)C2CC2C(=CCC4C(=O)N(O)C(=O)C42)C3c2ccc(O)c3ccccc23)cc1. The van der Waals surface area contributed by atoms with E-state index < -0.39 is 58.6 Å². The van der Waals surface area contributed by atoms with Gasteiger partial charge >= 0.3 is 0 Å². The number of fused-ring (bicyclic) bond motifs is 5. The molecule has 2 heterocycles. The maximum atomic E-state index is 15.4. The fourth-order valence-corrected chi connectivity index (χ4v) is 9.18. The molecule has 8 rings (SSSR count). The van der Waals surface area contributed by atoms with Gasteiger partial charge in [-0.25, -0.2) is 0 Å². The van der Waals surface area contributed by atoms with Crippen LogP contribution in [0.3, 0.4) is 0 Å². The first-order chi connectivity index (χ1) is 23.6. The molecule has 6 unspecified atom stereocenters. The number of nitrogens with zero attached hydrogens (tertiary/aromatic N) is 2. The molecular formula is C37H29Cl2N3O7. The van der Waals surface area contributed by atoms with Crippen molar-refractivity contribution >= 4 is 63.3 Å². The summed E-state index contributed by atoms with van der Waals surface area (Å²) in [5, 5.41) is 24.3. The van der Waals surface area contributed by atoms with Gasteiger partial charge in [0.1, 0.15) is 11.5 Å².